The van der Waals surface area contributed by atoms with Gasteiger partial charge in [-0.2, -0.15) is 0 Å². The molecule has 0 saturated heterocycles. The number of nitrogens with one attached hydrogen (secondary N) is 1. The smallest absolute Gasteiger partial charge is 0.132 e. The Morgan fingerprint density at radius 1 is 1.19 bits per heavy atom. The first-order valence-electron chi connectivity index (χ1n) is 9.29. The van der Waals surface area contributed by atoms with Crippen molar-refractivity contribution in [1.29, 1.82) is 0 Å². The Labute approximate surface area is 160 Å². The maximum atomic E-state index is 13.4. The van der Waals surface area contributed by atoms with Crippen LogP contribution in [0.3, 0.4) is 0 Å². The molecule has 0 spiro atoms. The lowest BCUT2D eigenvalue weighted by Gasteiger charge is -2.44. The van der Waals surface area contributed by atoms with E-state index in [0.717, 1.165) is 22.6 Å². The monoisotopic (exact) mass is 373 g/mol. The number of hydrogen-bond acceptors (Lipinski definition) is 4. The predicted molar refractivity (Wildman–Crippen MR) is 105 cm³/mol. The molecule has 0 saturated carbocycles. The fourth-order valence-corrected chi connectivity index (χ4v) is 3.54. The number of methoxy groups -OCH3 is 1. The summed E-state index contributed by atoms with van der Waals surface area (Å²) in [5.41, 5.74) is 2.26. The molecule has 0 amide bonds. The largest absolute Gasteiger partial charge is 0.485 e. The van der Waals surface area contributed by atoms with E-state index in [1.165, 1.54) is 12.1 Å². The molecule has 1 aliphatic rings. The third kappa shape index (κ3) is 4.42. The summed E-state index contributed by atoms with van der Waals surface area (Å²) in [6.45, 7) is 8.59. The van der Waals surface area contributed by atoms with Crippen molar-refractivity contribution in [3.63, 3.8) is 0 Å². The van der Waals surface area contributed by atoms with Gasteiger partial charge in [0.05, 0.1) is 6.10 Å². The summed E-state index contributed by atoms with van der Waals surface area (Å²) >= 11 is 0. The average molecular weight is 373 g/mol. The zero-order valence-electron chi connectivity index (χ0n) is 16.6. The van der Waals surface area contributed by atoms with Gasteiger partial charge in [-0.15, -0.1) is 0 Å². The minimum absolute atomic E-state index is 0.0540. The van der Waals surface area contributed by atoms with Gasteiger partial charge in [0.1, 0.15) is 29.4 Å². The van der Waals surface area contributed by atoms with Gasteiger partial charge in [0.25, 0.3) is 0 Å². The first-order chi connectivity index (χ1) is 12.8. The van der Waals surface area contributed by atoms with E-state index >= 15 is 0 Å². The molecule has 0 aromatic heterocycles. The lowest BCUT2D eigenvalue weighted by molar-refractivity contribution is -0.161. The van der Waals surface area contributed by atoms with Crippen molar-refractivity contribution >= 4 is 5.69 Å². The molecule has 1 aliphatic heterocycles. The van der Waals surface area contributed by atoms with Crippen LogP contribution in [0.4, 0.5) is 10.1 Å². The zero-order valence-corrected chi connectivity index (χ0v) is 16.6. The van der Waals surface area contributed by atoms with Gasteiger partial charge in [-0.05, 0) is 63.6 Å². The second-order valence-electron chi connectivity index (χ2n) is 7.70. The van der Waals surface area contributed by atoms with Crippen LogP contribution in [0.2, 0.25) is 0 Å². The number of hydrogen-bond donors (Lipinski definition) is 1. The van der Waals surface area contributed by atoms with E-state index in [4.69, 9.17) is 14.2 Å². The molecule has 27 heavy (non-hydrogen) atoms. The van der Waals surface area contributed by atoms with Crippen LogP contribution in [0.15, 0.2) is 42.5 Å². The summed E-state index contributed by atoms with van der Waals surface area (Å²) < 4.78 is 31.5. The highest BCUT2D eigenvalue weighted by Crippen LogP contribution is 2.44. The van der Waals surface area contributed by atoms with Crippen molar-refractivity contribution in [2.24, 2.45) is 0 Å². The summed E-state index contributed by atoms with van der Waals surface area (Å²) in [5, 5.41) is 3.35. The highest BCUT2D eigenvalue weighted by molar-refractivity contribution is 5.53. The van der Waals surface area contributed by atoms with E-state index in [1.54, 1.807) is 13.2 Å². The van der Waals surface area contributed by atoms with Crippen LogP contribution in [-0.2, 0) is 16.0 Å². The summed E-state index contributed by atoms with van der Waals surface area (Å²) in [6, 6.07) is 12.5. The second kappa shape index (κ2) is 7.87. The lowest BCUT2D eigenvalue weighted by atomic mass is 9.87. The molecule has 0 aliphatic carbocycles. The molecule has 2 atom stereocenters. The third-order valence-electron chi connectivity index (χ3n) is 4.71. The van der Waals surface area contributed by atoms with Crippen LogP contribution in [0.25, 0.3) is 0 Å². The van der Waals surface area contributed by atoms with Gasteiger partial charge in [-0.3, -0.25) is 0 Å². The van der Waals surface area contributed by atoms with Crippen LogP contribution in [0.1, 0.15) is 44.9 Å². The molecule has 0 bridgehead atoms. The molecule has 4 nitrogen and oxygen atoms in total. The van der Waals surface area contributed by atoms with Gasteiger partial charge >= 0.3 is 0 Å². The molecule has 2 aromatic carbocycles. The lowest BCUT2D eigenvalue weighted by Crippen LogP contribution is -2.50. The van der Waals surface area contributed by atoms with Gasteiger partial charge in [-0.1, -0.05) is 12.1 Å². The topological polar surface area (TPSA) is 39.7 Å². The molecule has 0 fully saturated rings. The van der Waals surface area contributed by atoms with E-state index < -0.39 is 5.60 Å². The van der Waals surface area contributed by atoms with Gasteiger partial charge in [0, 0.05) is 24.9 Å². The highest BCUT2D eigenvalue weighted by atomic mass is 19.1. The minimum atomic E-state index is -0.502. The Kier molecular flexibility index (Phi) is 5.72. The molecule has 2 unspecified atom stereocenters. The maximum absolute atomic E-state index is 13.4. The van der Waals surface area contributed by atoms with Gasteiger partial charge in [0.2, 0.25) is 0 Å². The molecule has 0 radical (unpaired) electrons. The highest BCUT2D eigenvalue weighted by Gasteiger charge is 2.45. The first-order valence-corrected chi connectivity index (χ1v) is 9.29. The number of fused-ring (bicyclic) bond motifs is 1. The third-order valence-corrected chi connectivity index (χ3v) is 4.71. The molecule has 1 N–H and O–H groups in total. The summed E-state index contributed by atoms with van der Waals surface area (Å²) in [7, 11) is 1.68. The maximum Gasteiger partial charge on any atom is 0.132 e. The molecular formula is C22H28FNO3. The normalized spacial score (nSPS) is 20.9. The molecule has 5 heteroatoms. The molecule has 3 rings (SSSR count). The first kappa shape index (κ1) is 19.6. The average Bonchev–Trinajstić information content (AvgIpc) is 2.59. The van der Waals surface area contributed by atoms with Crippen molar-refractivity contribution in [3.05, 3.63) is 59.4 Å². The summed E-state index contributed by atoms with van der Waals surface area (Å²) in [4.78, 5) is 0. The Hall–Kier alpha value is -2.11. The van der Waals surface area contributed by atoms with Crippen molar-refractivity contribution in [2.45, 2.75) is 58.2 Å². The number of rotatable bonds is 6. The van der Waals surface area contributed by atoms with Crippen LogP contribution < -0.4 is 10.1 Å². The van der Waals surface area contributed by atoms with E-state index in [-0.39, 0.29) is 24.1 Å². The Balaban J connectivity index is 1.87. The van der Waals surface area contributed by atoms with Gasteiger partial charge in [-0.25, -0.2) is 4.39 Å². The number of ether oxygens (including phenoxy) is 3. The van der Waals surface area contributed by atoms with Crippen molar-refractivity contribution in [1.82, 2.24) is 0 Å². The Bertz CT molecular complexity index is 791. The van der Waals surface area contributed by atoms with E-state index in [0.29, 0.717) is 6.54 Å². The number of halogens is 1. The fraction of sp³-hybridized carbons (Fsp3) is 0.455. The minimum Gasteiger partial charge on any atom is -0.485 e. The fourth-order valence-electron chi connectivity index (χ4n) is 3.54. The van der Waals surface area contributed by atoms with Crippen molar-refractivity contribution in [2.75, 3.05) is 12.4 Å². The second-order valence-corrected chi connectivity index (χ2v) is 7.70. The van der Waals surface area contributed by atoms with Crippen LogP contribution in [0, 0.1) is 5.82 Å². The molecule has 2 aromatic rings. The van der Waals surface area contributed by atoms with E-state index in [2.05, 4.69) is 5.32 Å². The molecular weight excluding hydrogens is 345 g/mol. The summed E-state index contributed by atoms with van der Waals surface area (Å²) in [5.74, 6) is 0.568. The van der Waals surface area contributed by atoms with E-state index in [9.17, 15) is 4.39 Å². The van der Waals surface area contributed by atoms with Crippen LogP contribution >= 0.6 is 0 Å². The van der Waals surface area contributed by atoms with Crippen molar-refractivity contribution in [3.8, 4) is 5.75 Å². The van der Waals surface area contributed by atoms with E-state index in [1.807, 2.05) is 52.0 Å². The standard InChI is InChI=1S/C22H28FNO3/c1-14(2)26-20-18-12-17(24-13-15-7-6-8-16(23)11-15)9-10-19(18)27-22(3,4)21(20)25-5/h6-12,14,20-21,24H,13H2,1-5H3. The predicted octanol–water partition coefficient (Wildman–Crippen LogP) is 5.09. The Morgan fingerprint density at radius 2 is 1.96 bits per heavy atom. The number of anilines is 1. The Morgan fingerprint density at radius 3 is 2.63 bits per heavy atom. The quantitative estimate of drug-likeness (QED) is 0.766. The van der Waals surface area contributed by atoms with Crippen molar-refractivity contribution < 1.29 is 18.6 Å². The molecule has 146 valence electrons. The van der Waals surface area contributed by atoms with Crippen LogP contribution in [-0.4, -0.2) is 24.9 Å². The zero-order chi connectivity index (χ0) is 19.6. The van der Waals surface area contributed by atoms with Gasteiger partial charge < -0.3 is 19.5 Å². The number of benzene rings is 2. The summed E-state index contributed by atoms with van der Waals surface area (Å²) in [6.07, 6.45) is -0.408. The SMILES string of the molecule is COC1C(OC(C)C)c2cc(NCc3cccc(F)c3)ccc2OC1(C)C. The molecule has 1 heterocycles. The van der Waals surface area contributed by atoms with Gasteiger partial charge in [0.15, 0.2) is 0 Å². The van der Waals surface area contributed by atoms with Crippen LogP contribution in [0.5, 0.6) is 5.75 Å².